The summed E-state index contributed by atoms with van der Waals surface area (Å²) in [4.78, 5) is 27.6. The third kappa shape index (κ3) is 7.40. The van der Waals surface area contributed by atoms with Crippen molar-refractivity contribution in [2.24, 2.45) is 0 Å². The molecule has 2 amide bonds. The molecule has 1 fully saturated rings. The maximum atomic E-state index is 13.3. The highest BCUT2D eigenvalue weighted by Gasteiger charge is 2.28. The maximum Gasteiger partial charge on any atom is 0.241 e. The molecule has 2 aromatic carbocycles. The SMILES string of the molecule is Cc1ccc(CN(CC(=O)NC2CCCCC2)C(=O)C(C)NS(=O)(=O)c2ccc(C)cc2)cc1. The minimum Gasteiger partial charge on any atom is -0.352 e. The van der Waals surface area contributed by atoms with Crippen LogP contribution in [0.15, 0.2) is 53.4 Å². The lowest BCUT2D eigenvalue weighted by Crippen LogP contribution is -2.50. The molecule has 0 saturated heterocycles. The molecule has 7 nitrogen and oxygen atoms in total. The van der Waals surface area contributed by atoms with E-state index in [1.807, 2.05) is 38.1 Å². The number of benzene rings is 2. The van der Waals surface area contributed by atoms with Gasteiger partial charge in [-0.25, -0.2) is 8.42 Å². The minimum absolute atomic E-state index is 0.0953. The summed E-state index contributed by atoms with van der Waals surface area (Å²) in [6, 6.07) is 13.3. The van der Waals surface area contributed by atoms with Crippen LogP contribution >= 0.6 is 0 Å². The Labute approximate surface area is 203 Å². The molecular formula is C26H35N3O4S. The number of aryl methyl sites for hydroxylation is 2. The van der Waals surface area contributed by atoms with Crippen LogP contribution in [0.2, 0.25) is 0 Å². The number of amides is 2. The van der Waals surface area contributed by atoms with Gasteiger partial charge in [0, 0.05) is 12.6 Å². The molecule has 0 aromatic heterocycles. The standard InChI is InChI=1S/C26H35N3O4S/c1-19-9-13-22(14-10-19)17-29(18-25(30)27-23-7-5-4-6-8-23)26(31)21(3)28-34(32,33)24-15-11-20(2)12-16-24/h9-16,21,23,28H,4-8,17-18H2,1-3H3,(H,27,30). The van der Waals surface area contributed by atoms with Gasteiger partial charge in [-0.2, -0.15) is 4.72 Å². The summed E-state index contributed by atoms with van der Waals surface area (Å²) in [6.07, 6.45) is 5.27. The molecule has 1 aliphatic carbocycles. The fraction of sp³-hybridized carbons (Fsp3) is 0.462. The first-order chi connectivity index (χ1) is 16.1. The van der Waals surface area contributed by atoms with Gasteiger partial charge in [0.15, 0.2) is 0 Å². The number of carbonyl (C=O) groups excluding carboxylic acids is 2. The highest BCUT2D eigenvalue weighted by molar-refractivity contribution is 7.89. The molecule has 1 saturated carbocycles. The quantitative estimate of drug-likeness (QED) is 0.569. The molecule has 1 unspecified atom stereocenters. The second kappa shape index (κ2) is 11.6. The Bertz CT molecular complexity index is 1080. The molecule has 2 aromatic rings. The van der Waals surface area contributed by atoms with E-state index in [1.165, 1.54) is 30.4 Å². The van der Waals surface area contributed by atoms with E-state index >= 15 is 0 Å². The van der Waals surface area contributed by atoms with Gasteiger partial charge in [0.05, 0.1) is 17.5 Å². The van der Waals surface area contributed by atoms with Crippen molar-refractivity contribution < 1.29 is 18.0 Å². The van der Waals surface area contributed by atoms with E-state index in [0.717, 1.165) is 42.4 Å². The number of nitrogens with one attached hydrogen (secondary N) is 2. The molecule has 0 aliphatic heterocycles. The van der Waals surface area contributed by atoms with E-state index in [0.29, 0.717) is 0 Å². The van der Waals surface area contributed by atoms with Crippen molar-refractivity contribution in [3.05, 3.63) is 65.2 Å². The molecule has 0 bridgehead atoms. The Balaban J connectivity index is 1.73. The van der Waals surface area contributed by atoms with Crippen LogP contribution in [0.25, 0.3) is 0 Å². The van der Waals surface area contributed by atoms with E-state index in [9.17, 15) is 18.0 Å². The first-order valence-electron chi connectivity index (χ1n) is 11.9. The number of nitrogens with zero attached hydrogens (tertiary/aromatic N) is 1. The fourth-order valence-electron chi connectivity index (χ4n) is 4.16. The number of rotatable bonds is 9. The van der Waals surface area contributed by atoms with E-state index in [1.54, 1.807) is 12.1 Å². The summed E-state index contributed by atoms with van der Waals surface area (Å²) < 4.78 is 28.1. The van der Waals surface area contributed by atoms with E-state index in [4.69, 9.17) is 0 Å². The van der Waals surface area contributed by atoms with E-state index in [2.05, 4.69) is 10.0 Å². The Hall–Kier alpha value is -2.71. The van der Waals surface area contributed by atoms with Crippen LogP contribution in [0.4, 0.5) is 0 Å². The molecular weight excluding hydrogens is 450 g/mol. The Morgan fingerprint density at radius 2 is 1.50 bits per heavy atom. The van der Waals surface area contributed by atoms with Crippen molar-refractivity contribution in [3.63, 3.8) is 0 Å². The van der Waals surface area contributed by atoms with E-state index in [-0.39, 0.29) is 29.9 Å². The third-order valence-electron chi connectivity index (χ3n) is 6.14. The Kier molecular flexibility index (Phi) is 8.85. The van der Waals surface area contributed by atoms with Crippen LogP contribution in [-0.4, -0.2) is 43.8 Å². The zero-order valence-electron chi connectivity index (χ0n) is 20.2. The van der Waals surface area contributed by atoms with Gasteiger partial charge in [-0.05, 0) is 51.3 Å². The summed E-state index contributed by atoms with van der Waals surface area (Å²) >= 11 is 0. The molecule has 1 atom stereocenters. The van der Waals surface area contributed by atoms with Crippen LogP contribution in [0, 0.1) is 13.8 Å². The molecule has 0 heterocycles. The lowest BCUT2D eigenvalue weighted by molar-refractivity contribution is -0.138. The average Bonchev–Trinajstić information content (AvgIpc) is 2.80. The first-order valence-corrected chi connectivity index (χ1v) is 13.3. The van der Waals surface area contributed by atoms with Gasteiger partial charge >= 0.3 is 0 Å². The fourth-order valence-corrected chi connectivity index (χ4v) is 5.36. The lowest BCUT2D eigenvalue weighted by Gasteiger charge is -2.28. The molecule has 0 spiro atoms. The van der Waals surface area contributed by atoms with Crippen molar-refractivity contribution >= 4 is 21.8 Å². The predicted octanol–water partition coefficient (Wildman–Crippen LogP) is 3.45. The largest absolute Gasteiger partial charge is 0.352 e. The number of sulfonamides is 1. The predicted molar refractivity (Wildman–Crippen MR) is 133 cm³/mol. The van der Waals surface area contributed by atoms with Gasteiger partial charge in [-0.15, -0.1) is 0 Å². The summed E-state index contributed by atoms with van der Waals surface area (Å²) in [5.41, 5.74) is 2.91. The average molecular weight is 486 g/mol. The third-order valence-corrected chi connectivity index (χ3v) is 7.70. The maximum absolute atomic E-state index is 13.3. The topological polar surface area (TPSA) is 95.6 Å². The number of carbonyl (C=O) groups is 2. The second-order valence-electron chi connectivity index (χ2n) is 9.24. The smallest absolute Gasteiger partial charge is 0.241 e. The second-order valence-corrected chi connectivity index (χ2v) is 11.0. The monoisotopic (exact) mass is 485 g/mol. The Morgan fingerprint density at radius 1 is 0.941 bits per heavy atom. The zero-order valence-corrected chi connectivity index (χ0v) is 21.0. The summed E-state index contributed by atoms with van der Waals surface area (Å²) in [5.74, 6) is -0.670. The molecule has 8 heteroatoms. The molecule has 3 rings (SSSR count). The molecule has 0 radical (unpaired) electrons. The number of hydrogen-bond acceptors (Lipinski definition) is 4. The van der Waals surface area contributed by atoms with Crippen molar-refractivity contribution in [2.75, 3.05) is 6.54 Å². The summed E-state index contributed by atoms with van der Waals surface area (Å²) in [6.45, 7) is 5.45. The summed E-state index contributed by atoms with van der Waals surface area (Å²) in [7, 11) is -3.88. The highest BCUT2D eigenvalue weighted by atomic mass is 32.2. The van der Waals surface area contributed by atoms with Crippen LogP contribution in [0.3, 0.4) is 0 Å². The van der Waals surface area contributed by atoms with Crippen LogP contribution in [0.5, 0.6) is 0 Å². The van der Waals surface area contributed by atoms with Gasteiger partial charge in [-0.3, -0.25) is 9.59 Å². The first kappa shape index (κ1) is 25.9. The molecule has 1 aliphatic rings. The van der Waals surface area contributed by atoms with Crippen LogP contribution < -0.4 is 10.0 Å². The molecule has 184 valence electrons. The van der Waals surface area contributed by atoms with Gasteiger partial charge in [0.1, 0.15) is 0 Å². The van der Waals surface area contributed by atoms with Crippen molar-refractivity contribution in [1.29, 1.82) is 0 Å². The van der Waals surface area contributed by atoms with Crippen molar-refractivity contribution in [2.45, 2.75) is 76.4 Å². The van der Waals surface area contributed by atoms with Gasteiger partial charge in [0.2, 0.25) is 21.8 Å². The minimum atomic E-state index is -3.88. The van der Waals surface area contributed by atoms with Gasteiger partial charge in [-0.1, -0.05) is 66.8 Å². The van der Waals surface area contributed by atoms with Crippen molar-refractivity contribution in [1.82, 2.24) is 14.9 Å². The Morgan fingerprint density at radius 3 is 2.09 bits per heavy atom. The van der Waals surface area contributed by atoms with Crippen molar-refractivity contribution in [3.8, 4) is 0 Å². The normalized spacial score (nSPS) is 15.5. The van der Waals surface area contributed by atoms with Crippen LogP contribution in [-0.2, 0) is 26.2 Å². The van der Waals surface area contributed by atoms with Crippen LogP contribution in [0.1, 0.15) is 55.7 Å². The molecule has 2 N–H and O–H groups in total. The zero-order chi connectivity index (χ0) is 24.7. The highest BCUT2D eigenvalue weighted by Crippen LogP contribution is 2.18. The van der Waals surface area contributed by atoms with Gasteiger partial charge in [0.25, 0.3) is 0 Å². The molecule has 34 heavy (non-hydrogen) atoms. The lowest BCUT2D eigenvalue weighted by atomic mass is 9.95. The number of hydrogen-bond donors (Lipinski definition) is 2. The van der Waals surface area contributed by atoms with E-state index < -0.39 is 22.0 Å². The summed E-state index contributed by atoms with van der Waals surface area (Å²) in [5, 5.41) is 3.05. The van der Waals surface area contributed by atoms with Gasteiger partial charge < -0.3 is 10.2 Å².